The van der Waals surface area contributed by atoms with E-state index in [1.54, 1.807) is 0 Å². The highest BCUT2D eigenvalue weighted by molar-refractivity contribution is 5.45. The van der Waals surface area contributed by atoms with E-state index in [0.29, 0.717) is 6.04 Å². The van der Waals surface area contributed by atoms with Crippen molar-refractivity contribution in [3.8, 4) is 0 Å². The van der Waals surface area contributed by atoms with Gasteiger partial charge < -0.3 is 10.2 Å². The summed E-state index contributed by atoms with van der Waals surface area (Å²) in [6, 6.07) is 5.57. The standard InChI is InChI=1S/C17H28N4/c1-3-16(18-2)17-8-7-14(12-19-17)21-11-10-20-9-5-4-6-15(20)13-21/h7-8,12,15-16,18H,3-6,9-11,13H2,1-2H3. The third kappa shape index (κ3) is 3.22. The Labute approximate surface area is 128 Å². The van der Waals surface area contributed by atoms with Crippen molar-refractivity contribution < 1.29 is 0 Å². The number of hydrogen-bond acceptors (Lipinski definition) is 4. The molecule has 2 aliphatic rings. The van der Waals surface area contributed by atoms with Crippen molar-refractivity contribution in [2.24, 2.45) is 0 Å². The van der Waals surface area contributed by atoms with Gasteiger partial charge in [0.2, 0.25) is 0 Å². The van der Waals surface area contributed by atoms with Crippen LogP contribution in [0, 0.1) is 0 Å². The van der Waals surface area contributed by atoms with Crippen LogP contribution in [-0.4, -0.2) is 49.2 Å². The monoisotopic (exact) mass is 288 g/mol. The first kappa shape index (κ1) is 14.8. The van der Waals surface area contributed by atoms with Gasteiger partial charge in [0, 0.05) is 31.7 Å². The van der Waals surface area contributed by atoms with Crippen LogP contribution in [-0.2, 0) is 0 Å². The van der Waals surface area contributed by atoms with Crippen molar-refractivity contribution in [3.63, 3.8) is 0 Å². The molecule has 2 atom stereocenters. The molecular formula is C17H28N4. The predicted molar refractivity (Wildman–Crippen MR) is 87.8 cm³/mol. The molecule has 0 aromatic carbocycles. The van der Waals surface area contributed by atoms with Gasteiger partial charge in [-0.2, -0.15) is 0 Å². The van der Waals surface area contributed by atoms with Crippen LogP contribution in [0.4, 0.5) is 5.69 Å². The number of hydrogen-bond donors (Lipinski definition) is 1. The molecule has 3 heterocycles. The molecule has 1 aromatic rings. The largest absolute Gasteiger partial charge is 0.367 e. The van der Waals surface area contributed by atoms with Crippen LogP contribution in [0.2, 0.25) is 0 Å². The van der Waals surface area contributed by atoms with Gasteiger partial charge in [0.15, 0.2) is 0 Å². The van der Waals surface area contributed by atoms with Crippen molar-refractivity contribution >= 4 is 5.69 Å². The van der Waals surface area contributed by atoms with E-state index in [1.807, 2.05) is 7.05 Å². The van der Waals surface area contributed by atoms with Gasteiger partial charge in [-0.3, -0.25) is 9.88 Å². The van der Waals surface area contributed by atoms with Crippen LogP contribution in [0.1, 0.15) is 44.3 Å². The summed E-state index contributed by atoms with van der Waals surface area (Å²) < 4.78 is 0. The number of piperidine rings is 1. The predicted octanol–water partition coefficient (Wildman–Crippen LogP) is 2.43. The van der Waals surface area contributed by atoms with Gasteiger partial charge in [-0.05, 0) is 45.0 Å². The minimum atomic E-state index is 0.370. The number of rotatable bonds is 4. The molecule has 0 aliphatic carbocycles. The van der Waals surface area contributed by atoms with Crippen molar-refractivity contribution in [2.75, 3.05) is 38.1 Å². The Bertz CT molecular complexity index is 441. The van der Waals surface area contributed by atoms with E-state index in [2.05, 4.69) is 45.4 Å². The Kier molecular flexibility index (Phi) is 4.76. The van der Waals surface area contributed by atoms with Gasteiger partial charge in [0.25, 0.3) is 0 Å². The second kappa shape index (κ2) is 6.75. The Balaban J connectivity index is 1.67. The summed E-state index contributed by atoms with van der Waals surface area (Å²) >= 11 is 0. The molecule has 3 rings (SSSR count). The van der Waals surface area contributed by atoms with Crippen LogP contribution < -0.4 is 10.2 Å². The highest BCUT2D eigenvalue weighted by Gasteiger charge is 2.29. The van der Waals surface area contributed by atoms with E-state index < -0.39 is 0 Å². The summed E-state index contributed by atoms with van der Waals surface area (Å²) in [4.78, 5) is 9.88. The lowest BCUT2D eigenvalue weighted by molar-refractivity contribution is 0.133. The molecule has 0 saturated carbocycles. The summed E-state index contributed by atoms with van der Waals surface area (Å²) in [7, 11) is 2.01. The van der Waals surface area contributed by atoms with Gasteiger partial charge >= 0.3 is 0 Å². The first-order valence-electron chi connectivity index (χ1n) is 8.44. The SMILES string of the molecule is CCC(NC)c1ccc(N2CCN3CCCCC3C2)cn1. The first-order chi connectivity index (χ1) is 10.3. The number of nitrogens with one attached hydrogen (secondary N) is 1. The number of fused-ring (bicyclic) bond motifs is 1. The molecule has 2 saturated heterocycles. The van der Waals surface area contributed by atoms with Crippen molar-refractivity contribution in [3.05, 3.63) is 24.0 Å². The number of piperazine rings is 1. The van der Waals surface area contributed by atoms with Crippen LogP contribution in [0.5, 0.6) is 0 Å². The lowest BCUT2D eigenvalue weighted by atomic mass is 9.99. The Morgan fingerprint density at radius 1 is 1.29 bits per heavy atom. The normalized spacial score (nSPS) is 24.7. The van der Waals surface area contributed by atoms with Crippen LogP contribution in [0.25, 0.3) is 0 Å². The molecule has 1 N–H and O–H groups in total. The number of anilines is 1. The Morgan fingerprint density at radius 3 is 2.90 bits per heavy atom. The Hall–Kier alpha value is -1.13. The highest BCUT2D eigenvalue weighted by Crippen LogP contribution is 2.25. The third-order valence-corrected chi connectivity index (χ3v) is 5.09. The molecule has 2 unspecified atom stereocenters. The molecule has 1 aromatic heterocycles. The Morgan fingerprint density at radius 2 is 2.19 bits per heavy atom. The molecule has 4 nitrogen and oxygen atoms in total. The van der Waals surface area contributed by atoms with E-state index in [1.165, 1.54) is 44.6 Å². The topological polar surface area (TPSA) is 31.4 Å². The molecule has 21 heavy (non-hydrogen) atoms. The van der Waals surface area contributed by atoms with Gasteiger partial charge in [-0.25, -0.2) is 0 Å². The lowest BCUT2D eigenvalue weighted by Gasteiger charge is -2.44. The number of pyridine rings is 1. The van der Waals surface area contributed by atoms with Crippen molar-refractivity contribution in [1.29, 1.82) is 0 Å². The van der Waals surface area contributed by atoms with Gasteiger partial charge in [-0.15, -0.1) is 0 Å². The third-order valence-electron chi connectivity index (χ3n) is 5.09. The van der Waals surface area contributed by atoms with Crippen LogP contribution in [0.15, 0.2) is 18.3 Å². The average molecular weight is 288 g/mol. The molecule has 0 radical (unpaired) electrons. The van der Waals surface area contributed by atoms with E-state index in [4.69, 9.17) is 0 Å². The molecule has 2 fully saturated rings. The maximum absolute atomic E-state index is 4.68. The quantitative estimate of drug-likeness (QED) is 0.922. The molecule has 0 bridgehead atoms. The zero-order chi connectivity index (χ0) is 14.7. The number of nitrogens with zero attached hydrogens (tertiary/aromatic N) is 3. The summed E-state index contributed by atoms with van der Waals surface area (Å²) in [5.41, 5.74) is 2.44. The van der Waals surface area contributed by atoms with Gasteiger partial charge in [0.1, 0.15) is 0 Å². The van der Waals surface area contributed by atoms with Crippen LogP contribution in [0.3, 0.4) is 0 Å². The summed E-state index contributed by atoms with van der Waals surface area (Å²) in [6.07, 6.45) is 7.28. The zero-order valence-corrected chi connectivity index (χ0v) is 13.4. The molecule has 4 heteroatoms. The fourth-order valence-corrected chi connectivity index (χ4v) is 3.74. The average Bonchev–Trinajstić information content (AvgIpc) is 2.56. The van der Waals surface area contributed by atoms with E-state index in [0.717, 1.165) is 24.7 Å². The first-order valence-corrected chi connectivity index (χ1v) is 8.44. The smallest absolute Gasteiger partial charge is 0.0574 e. The molecule has 0 amide bonds. The maximum atomic E-state index is 4.68. The minimum Gasteiger partial charge on any atom is -0.367 e. The fraction of sp³-hybridized carbons (Fsp3) is 0.706. The number of aromatic nitrogens is 1. The zero-order valence-electron chi connectivity index (χ0n) is 13.4. The molecule has 116 valence electrons. The van der Waals surface area contributed by atoms with E-state index in [9.17, 15) is 0 Å². The summed E-state index contributed by atoms with van der Waals surface area (Å²) in [5, 5.41) is 3.32. The fourth-order valence-electron chi connectivity index (χ4n) is 3.74. The summed E-state index contributed by atoms with van der Waals surface area (Å²) in [5.74, 6) is 0. The molecular weight excluding hydrogens is 260 g/mol. The molecule has 2 aliphatic heterocycles. The lowest BCUT2D eigenvalue weighted by Crippen LogP contribution is -2.54. The van der Waals surface area contributed by atoms with Gasteiger partial charge in [-0.1, -0.05) is 13.3 Å². The van der Waals surface area contributed by atoms with Gasteiger partial charge in [0.05, 0.1) is 17.6 Å². The molecule has 0 spiro atoms. The van der Waals surface area contributed by atoms with Crippen molar-refractivity contribution in [1.82, 2.24) is 15.2 Å². The van der Waals surface area contributed by atoms with E-state index in [-0.39, 0.29) is 0 Å². The second-order valence-electron chi connectivity index (χ2n) is 6.32. The second-order valence-corrected chi connectivity index (χ2v) is 6.32. The van der Waals surface area contributed by atoms with Crippen LogP contribution >= 0.6 is 0 Å². The van der Waals surface area contributed by atoms with Crippen molar-refractivity contribution in [2.45, 2.75) is 44.7 Å². The van der Waals surface area contributed by atoms with E-state index >= 15 is 0 Å². The minimum absolute atomic E-state index is 0.370. The highest BCUT2D eigenvalue weighted by atomic mass is 15.3. The summed E-state index contributed by atoms with van der Waals surface area (Å²) in [6.45, 7) is 7.01. The maximum Gasteiger partial charge on any atom is 0.0574 e.